The van der Waals surface area contributed by atoms with E-state index in [1.807, 2.05) is 6.92 Å². The maximum Gasteiger partial charge on any atom is 0.126 e. The van der Waals surface area contributed by atoms with Gasteiger partial charge in [-0.15, -0.1) is 0 Å². The lowest BCUT2D eigenvalue weighted by atomic mass is 10.3. The van der Waals surface area contributed by atoms with Crippen molar-refractivity contribution < 1.29 is 9.13 Å². The fourth-order valence-corrected chi connectivity index (χ4v) is 1.43. The molecule has 1 aromatic rings. The van der Waals surface area contributed by atoms with Crippen LogP contribution in [0.5, 0.6) is 5.75 Å². The SMILES string of the molecule is CC(CNC1CC1)Oc1cccc(F)c1. The predicted molar refractivity (Wildman–Crippen MR) is 57.5 cm³/mol. The Labute approximate surface area is 89.4 Å². The second kappa shape index (κ2) is 4.62. The van der Waals surface area contributed by atoms with Crippen molar-refractivity contribution in [3.8, 4) is 5.75 Å². The normalized spacial score (nSPS) is 17.5. The first kappa shape index (κ1) is 10.4. The molecule has 2 nitrogen and oxygen atoms in total. The third-order valence-electron chi connectivity index (χ3n) is 2.40. The first-order valence-corrected chi connectivity index (χ1v) is 5.39. The van der Waals surface area contributed by atoms with Crippen LogP contribution in [0.1, 0.15) is 19.8 Å². The lowest BCUT2D eigenvalue weighted by Gasteiger charge is -2.15. The molecular formula is C12H16FNO. The molecule has 1 saturated carbocycles. The van der Waals surface area contributed by atoms with Crippen molar-refractivity contribution >= 4 is 0 Å². The van der Waals surface area contributed by atoms with Crippen LogP contribution in [0.15, 0.2) is 24.3 Å². The van der Waals surface area contributed by atoms with Crippen LogP contribution in [0.4, 0.5) is 4.39 Å². The number of nitrogens with one attached hydrogen (secondary N) is 1. The van der Waals surface area contributed by atoms with Crippen molar-refractivity contribution in [3.05, 3.63) is 30.1 Å². The van der Waals surface area contributed by atoms with Crippen LogP contribution < -0.4 is 10.1 Å². The molecule has 0 saturated heterocycles. The minimum Gasteiger partial charge on any atom is -0.489 e. The van der Waals surface area contributed by atoms with E-state index in [4.69, 9.17) is 4.74 Å². The Balaban J connectivity index is 1.79. The van der Waals surface area contributed by atoms with Crippen molar-refractivity contribution in [1.29, 1.82) is 0 Å². The van der Waals surface area contributed by atoms with Crippen molar-refractivity contribution in [1.82, 2.24) is 5.32 Å². The van der Waals surface area contributed by atoms with Crippen LogP contribution >= 0.6 is 0 Å². The minimum atomic E-state index is -0.255. The zero-order valence-electron chi connectivity index (χ0n) is 8.87. The Morgan fingerprint density at radius 1 is 1.53 bits per heavy atom. The van der Waals surface area contributed by atoms with Crippen LogP contribution in [0.25, 0.3) is 0 Å². The number of rotatable bonds is 5. The molecule has 0 bridgehead atoms. The number of benzene rings is 1. The molecule has 1 aromatic carbocycles. The number of halogens is 1. The topological polar surface area (TPSA) is 21.3 Å². The highest BCUT2D eigenvalue weighted by Crippen LogP contribution is 2.19. The average Bonchev–Trinajstić information content (AvgIpc) is 2.98. The Morgan fingerprint density at radius 3 is 3.00 bits per heavy atom. The maximum absolute atomic E-state index is 12.8. The molecule has 3 heteroatoms. The highest BCUT2D eigenvalue weighted by atomic mass is 19.1. The summed E-state index contributed by atoms with van der Waals surface area (Å²) >= 11 is 0. The van der Waals surface area contributed by atoms with Gasteiger partial charge in [-0.05, 0) is 31.9 Å². The molecule has 1 N–H and O–H groups in total. The first-order valence-electron chi connectivity index (χ1n) is 5.39. The van der Waals surface area contributed by atoms with Gasteiger partial charge >= 0.3 is 0 Å². The summed E-state index contributed by atoms with van der Waals surface area (Å²) < 4.78 is 18.4. The summed E-state index contributed by atoms with van der Waals surface area (Å²) in [6, 6.07) is 6.94. The van der Waals surface area contributed by atoms with Gasteiger partial charge < -0.3 is 10.1 Å². The maximum atomic E-state index is 12.8. The molecule has 1 atom stereocenters. The zero-order chi connectivity index (χ0) is 10.7. The molecule has 0 radical (unpaired) electrons. The quantitative estimate of drug-likeness (QED) is 0.803. The lowest BCUT2D eigenvalue weighted by molar-refractivity contribution is 0.216. The Bertz CT molecular complexity index is 325. The summed E-state index contributed by atoms with van der Waals surface area (Å²) in [5.74, 6) is 0.343. The second-order valence-corrected chi connectivity index (χ2v) is 4.07. The van der Waals surface area contributed by atoms with Crippen molar-refractivity contribution in [2.24, 2.45) is 0 Å². The number of hydrogen-bond donors (Lipinski definition) is 1. The highest BCUT2D eigenvalue weighted by Gasteiger charge is 2.21. The van der Waals surface area contributed by atoms with Crippen LogP contribution in [0, 0.1) is 5.82 Å². The monoisotopic (exact) mass is 209 g/mol. The second-order valence-electron chi connectivity index (χ2n) is 4.07. The van der Waals surface area contributed by atoms with Gasteiger partial charge in [-0.25, -0.2) is 4.39 Å². The van der Waals surface area contributed by atoms with E-state index < -0.39 is 0 Å². The first-order chi connectivity index (χ1) is 7.24. The van der Waals surface area contributed by atoms with Crippen LogP contribution in [-0.4, -0.2) is 18.7 Å². The predicted octanol–water partition coefficient (Wildman–Crippen LogP) is 2.35. The fraction of sp³-hybridized carbons (Fsp3) is 0.500. The highest BCUT2D eigenvalue weighted by molar-refractivity contribution is 5.22. The largest absolute Gasteiger partial charge is 0.489 e. The van der Waals surface area contributed by atoms with E-state index >= 15 is 0 Å². The lowest BCUT2D eigenvalue weighted by Crippen LogP contribution is -2.30. The van der Waals surface area contributed by atoms with Crippen molar-refractivity contribution in [2.45, 2.75) is 31.9 Å². The van der Waals surface area contributed by atoms with E-state index in [1.54, 1.807) is 12.1 Å². The summed E-state index contributed by atoms with van der Waals surface area (Å²) in [5.41, 5.74) is 0. The fourth-order valence-electron chi connectivity index (χ4n) is 1.43. The molecule has 1 unspecified atom stereocenters. The average molecular weight is 209 g/mol. The molecule has 15 heavy (non-hydrogen) atoms. The molecule has 0 heterocycles. The molecule has 82 valence electrons. The van der Waals surface area contributed by atoms with Gasteiger partial charge in [0.25, 0.3) is 0 Å². The molecule has 1 fully saturated rings. The van der Waals surface area contributed by atoms with Gasteiger partial charge in [0, 0.05) is 18.7 Å². The van der Waals surface area contributed by atoms with E-state index in [-0.39, 0.29) is 11.9 Å². The van der Waals surface area contributed by atoms with E-state index in [0.29, 0.717) is 11.8 Å². The van der Waals surface area contributed by atoms with Gasteiger partial charge in [0.05, 0.1) is 0 Å². The van der Waals surface area contributed by atoms with E-state index in [0.717, 1.165) is 6.54 Å². The molecule has 1 aliphatic rings. The van der Waals surface area contributed by atoms with Gasteiger partial charge in [-0.3, -0.25) is 0 Å². The van der Waals surface area contributed by atoms with E-state index in [2.05, 4.69) is 5.32 Å². The Kier molecular flexibility index (Phi) is 3.21. The van der Waals surface area contributed by atoms with Crippen molar-refractivity contribution in [3.63, 3.8) is 0 Å². The van der Waals surface area contributed by atoms with Gasteiger partial charge in [0.2, 0.25) is 0 Å². The van der Waals surface area contributed by atoms with E-state index in [1.165, 1.54) is 25.0 Å². The Morgan fingerprint density at radius 2 is 2.33 bits per heavy atom. The third kappa shape index (κ3) is 3.51. The minimum absolute atomic E-state index is 0.0763. The molecular weight excluding hydrogens is 193 g/mol. The zero-order valence-corrected chi connectivity index (χ0v) is 8.87. The molecule has 1 aliphatic carbocycles. The molecule has 0 aromatic heterocycles. The summed E-state index contributed by atoms with van der Waals surface area (Å²) in [6.07, 6.45) is 2.62. The summed E-state index contributed by atoms with van der Waals surface area (Å²) in [4.78, 5) is 0. The van der Waals surface area contributed by atoms with Crippen molar-refractivity contribution in [2.75, 3.05) is 6.54 Å². The number of hydrogen-bond acceptors (Lipinski definition) is 2. The summed E-state index contributed by atoms with van der Waals surface area (Å²) in [6.45, 7) is 2.81. The van der Waals surface area contributed by atoms with E-state index in [9.17, 15) is 4.39 Å². The smallest absolute Gasteiger partial charge is 0.126 e. The summed E-state index contributed by atoms with van der Waals surface area (Å²) in [7, 11) is 0. The molecule has 0 aliphatic heterocycles. The van der Waals surface area contributed by atoms with Crippen LogP contribution in [0.2, 0.25) is 0 Å². The van der Waals surface area contributed by atoms with Crippen LogP contribution in [0.3, 0.4) is 0 Å². The standard InChI is InChI=1S/C12H16FNO/c1-9(8-14-11-5-6-11)15-12-4-2-3-10(13)7-12/h2-4,7,9,11,14H,5-6,8H2,1H3. The third-order valence-corrected chi connectivity index (χ3v) is 2.40. The van der Waals surface area contributed by atoms with Gasteiger partial charge in [-0.1, -0.05) is 6.07 Å². The van der Waals surface area contributed by atoms with Gasteiger partial charge in [-0.2, -0.15) is 0 Å². The van der Waals surface area contributed by atoms with Gasteiger partial charge in [0.1, 0.15) is 17.7 Å². The number of ether oxygens (including phenoxy) is 1. The van der Waals surface area contributed by atoms with Crippen LogP contribution in [-0.2, 0) is 0 Å². The molecule has 0 amide bonds. The molecule has 2 rings (SSSR count). The molecule has 0 spiro atoms. The van der Waals surface area contributed by atoms with Gasteiger partial charge in [0.15, 0.2) is 0 Å². The summed E-state index contributed by atoms with van der Waals surface area (Å²) in [5, 5.41) is 3.37. The Hall–Kier alpha value is -1.09.